The minimum atomic E-state index is -3.43. The molecule has 154 valence electrons. The summed E-state index contributed by atoms with van der Waals surface area (Å²) in [5, 5.41) is 16.1. The molecule has 0 fully saturated rings. The summed E-state index contributed by atoms with van der Waals surface area (Å²) in [6, 6.07) is 16.2. The summed E-state index contributed by atoms with van der Waals surface area (Å²) in [6.45, 7) is 0. The molecule has 1 aromatic heterocycles. The molecule has 30 heavy (non-hydrogen) atoms. The zero-order valence-electron chi connectivity index (χ0n) is 16.0. The van der Waals surface area contributed by atoms with E-state index in [-0.39, 0.29) is 11.5 Å². The molecule has 2 aromatic carbocycles. The molecule has 0 radical (unpaired) electrons. The third-order valence-electron chi connectivity index (χ3n) is 4.65. The quantitative estimate of drug-likeness (QED) is 0.651. The fourth-order valence-electron chi connectivity index (χ4n) is 3.37. The molecular weight excluding hydrogens is 406 g/mol. The van der Waals surface area contributed by atoms with E-state index in [1.165, 1.54) is 11.3 Å². The number of hydrazone groups is 1. The number of anilines is 1. The van der Waals surface area contributed by atoms with Crippen molar-refractivity contribution in [2.75, 3.05) is 11.0 Å². The van der Waals surface area contributed by atoms with E-state index in [0.717, 1.165) is 6.26 Å². The molecule has 0 bridgehead atoms. The van der Waals surface area contributed by atoms with Crippen molar-refractivity contribution in [3.8, 4) is 5.75 Å². The maximum Gasteiger partial charge on any atom is 0.310 e. The molecule has 2 heterocycles. The van der Waals surface area contributed by atoms with Gasteiger partial charge in [0.25, 0.3) is 0 Å². The molecular formula is C21H19N3O5S. The number of para-hydroxylation sites is 1. The summed E-state index contributed by atoms with van der Waals surface area (Å²) in [4.78, 5) is 13.0. The van der Waals surface area contributed by atoms with E-state index in [2.05, 4.69) is 9.82 Å². The van der Waals surface area contributed by atoms with Crippen LogP contribution in [-0.4, -0.2) is 36.4 Å². The molecule has 4 rings (SSSR count). The highest BCUT2D eigenvalue weighted by Gasteiger charge is 2.36. The van der Waals surface area contributed by atoms with Crippen LogP contribution in [0, 0.1) is 0 Å². The van der Waals surface area contributed by atoms with Crippen molar-refractivity contribution in [1.29, 1.82) is 0 Å². The Bertz CT molecular complexity index is 1220. The monoisotopic (exact) mass is 425 g/mol. The number of rotatable bonds is 5. The molecule has 0 aliphatic carbocycles. The van der Waals surface area contributed by atoms with Crippen molar-refractivity contribution < 1.29 is 22.7 Å². The number of nitrogens with zero attached hydrogens (tertiary/aromatic N) is 2. The van der Waals surface area contributed by atoms with Gasteiger partial charge in [-0.3, -0.25) is 9.52 Å². The largest absolute Gasteiger partial charge is 0.508 e. The summed E-state index contributed by atoms with van der Waals surface area (Å²) in [5.41, 5.74) is 2.20. The Kier molecular flexibility index (Phi) is 5.04. The van der Waals surface area contributed by atoms with E-state index in [4.69, 9.17) is 4.42 Å². The number of phenols is 1. The fourth-order valence-corrected chi connectivity index (χ4v) is 3.93. The van der Waals surface area contributed by atoms with Crippen LogP contribution in [0.3, 0.4) is 0 Å². The van der Waals surface area contributed by atoms with Gasteiger partial charge in [-0.1, -0.05) is 30.3 Å². The van der Waals surface area contributed by atoms with Gasteiger partial charge < -0.3 is 9.52 Å². The molecule has 1 unspecified atom stereocenters. The molecule has 3 aromatic rings. The van der Waals surface area contributed by atoms with Crippen molar-refractivity contribution in [2.24, 2.45) is 5.10 Å². The lowest BCUT2D eigenvalue weighted by Crippen LogP contribution is -2.26. The van der Waals surface area contributed by atoms with Crippen LogP contribution in [0.5, 0.6) is 5.75 Å². The van der Waals surface area contributed by atoms with Crippen LogP contribution >= 0.6 is 0 Å². The molecule has 1 atom stereocenters. The second-order valence-electron chi connectivity index (χ2n) is 6.91. The van der Waals surface area contributed by atoms with Crippen molar-refractivity contribution in [3.63, 3.8) is 0 Å². The lowest BCUT2D eigenvalue weighted by atomic mass is 9.97. The van der Waals surface area contributed by atoms with Gasteiger partial charge in [-0.2, -0.15) is 5.10 Å². The first-order valence-corrected chi connectivity index (χ1v) is 11.0. The third kappa shape index (κ3) is 4.06. The molecule has 9 heteroatoms. The van der Waals surface area contributed by atoms with Crippen LogP contribution in [0.2, 0.25) is 0 Å². The minimum Gasteiger partial charge on any atom is -0.508 e. The molecule has 1 aliphatic rings. The summed E-state index contributed by atoms with van der Waals surface area (Å²) in [7, 11) is -3.43. The van der Waals surface area contributed by atoms with Crippen LogP contribution < -0.4 is 4.72 Å². The molecule has 8 nitrogen and oxygen atoms in total. The van der Waals surface area contributed by atoms with E-state index < -0.39 is 22.0 Å². The topological polar surface area (TPSA) is 112 Å². The maximum absolute atomic E-state index is 13.0. The van der Waals surface area contributed by atoms with Crippen LogP contribution in [0.15, 0.2) is 76.4 Å². The van der Waals surface area contributed by atoms with Crippen molar-refractivity contribution in [2.45, 2.75) is 12.5 Å². The first-order chi connectivity index (χ1) is 14.3. The second-order valence-corrected chi connectivity index (χ2v) is 8.66. The number of aromatic hydroxyl groups is 1. The summed E-state index contributed by atoms with van der Waals surface area (Å²) in [6.07, 6.45) is 2.82. The van der Waals surface area contributed by atoms with E-state index in [1.807, 2.05) is 0 Å². The summed E-state index contributed by atoms with van der Waals surface area (Å²) < 4.78 is 30.8. The number of sulfonamides is 1. The number of phenolic OH excluding ortho intramolecular Hbond substituents is 1. The predicted octanol–water partition coefficient (Wildman–Crippen LogP) is 3.35. The van der Waals surface area contributed by atoms with Crippen LogP contribution in [0.4, 0.5) is 5.69 Å². The highest BCUT2D eigenvalue weighted by atomic mass is 32.2. The van der Waals surface area contributed by atoms with Gasteiger partial charge in [0.2, 0.25) is 10.0 Å². The van der Waals surface area contributed by atoms with Gasteiger partial charge in [0.15, 0.2) is 5.76 Å². The Morgan fingerprint density at radius 2 is 1.97 bits per heavy atom. The molecule has 1 aliphatic heterocycles. The smallest absolute Gasteiger partial charge is 0.310 e. The Morgan fingerprint density at radius 1 is 1.17 bits per heavy atom. The second kappa shape index (κ2) is 7.68. The highest BCUT2D eigenvalue weighted by molar-refractivity contribution is 7.92. The van der Waals surface area contributed by atoms with E-state index >= 15 is 0 Å². The summed E-state index contributed by atoms with van der Waals surface area (Å²) in [5.74, 6) is -0.245. The first-order valence-electron chi connectivity index (χ1n) is 9.12. The minimum absolute atomic E-state index is 0.0590. The number of nitrogens with one attached hydrogen (secondary N) is 1. The molecule has 1 amide bonds. The number of carbonyl (C=O) groups excluding carboxylic acids is 1. The number of furan rings is 1. The number of benzene rings is 2. The normalized spacial score (nSPS) is 16.4. The maximum atomic E-state index is 13.0. The number of amides is 1. The summed E-state index contributed by atoms with van der Waals surface area (Å²) >= 11 is 0. The average molecular weight is 425 g/mol. The lowest BCUT2D eigenvalue weighted by Gasteiger charge is -2.21. The molecule has 0 saturated heterocycles. The van der Waals surface area contributed by atoms with E-state index in [1.54, 1.807) is 60.7 Å². The third-order valence-corrected chi connectivity index (χ3v) is 5.25. The predicted molar refractivity (Wildman–Crippen MR) is 112 cm³/mol. The zero-order chi connectivity index (χ0) is 21.3. The fraction of sp³-hybridized carbons (Fsp3) is 0.143. The molecule has 2 N–H and O–H groups in total. The van der Waals surface area contributed by atoms with Crippen LogP contribution in [0.1, 0.15) is 34.1 Å². The zero-order valence-corrected chi connectivity index (χ0v) is 16.8. The SMILES string of the molecule is CS(=O)(=O)Nc1cccc(C2=NN(C(=O)c3ccco3)C(c3ccccc3O)C2)c1. The number of hydrogen-bond acceptors (Lipinski definition) is 6. The lowest BCUT2D eigenvalue weighted by molar-refractivity contribution is 0.0677. The number of carbonyl (C=O) groups is 1. The van der Waals surface area contributed by atoms with Crippen molar-refractivity contribution >= 4 is 27.3 Å². The van der Waals surface area contributed by atoms with Gasteiger partial charge >= 0.3 is 5.91 Å². The highest BCUT2D eigenvalue weighted by Crippen LogP contribution is 2.38. The van der Waals surface area contributed by atoms with E-state index in [9.17, 15) is 18.3 Å². The van der Waals surface area contributed by atoms with Crippen molar-refractivity contribution in [1.82, 2.24) is 5.01 Å². The molecule has 0 spiro atoms. The van der Waals surface area contributed by atoms with Gasteiger partial charge in [0.1, 0.15) is 5.75 Å². The molecule has 0 saturated carbocycles. The standard InChI is InChI=1S/C21H19N3O5S/c1-30(27,28)23-15-7-4-6-14(12-15)17-13-18(16-8-2-3-9-19(16)25)24(22-17)21(26)20-10-5-11-29-20/h2-12,18,23,25H,13H2,1H3. The van der Waals surface area contributed by atoms with Gasteiger partial charge in [-0.25, -0.2) is 13.4 Å². The van der Waals surface area contributed by atoms with Crippen LogP contribution in [-0.2, 0) is 10.0 Å². The van der Waals surface area contributed by atoms with Gasteiger partial charge in [-0.05, 0) is 35.9 Å². The average Bonchev–Trinajstić information content (AvgIpc) is 3.37. The number of hydrogen-bond donors (Lipinski definition) is 2. The Balaban J connectivity index is 1.73. The van der Waals surface area contributed by atoms with Gasteiger partial charge in [0.05, 0.1) is 24.3 Å². The van der Waals surface area contributed by atoms with E-state index in [0.29, 0.717) is 28.9 Å². The van der Waals surface area contributed by atoms with Crippen molar-refractivity contribution in [3.05, 3.63) is 83.8 Å². The van der Waals surface area contributed by atoms with Gasteiger partial charge in [0, 0.05) is 17.7 Å². The Labute approximate surface area is 173 Å². The van der Waals surface area contributed by atoms with Gasteiger partial charge in [-0.15, -0.1) is 0 Å². The Morgan fingerprint density at radius 3 is 2.67 bits per heavy atom. The van der Waals surface area contributed by atoms with Crippen LogP contribution in [0.25, 0.3) is 0 Å². The Hall–Kier alpha value is -3.59. The first kappa shape index (κ1) is 19.7.